The zero-order chi connectivity index (χ0) is 14.4. The lowest BCUT2D eigenvalue weighted by molar-refractivity contribution is -0.128. The van der Waals surface area contributed by atoms with Crippen molar-refractivity contribution in [3.05, 3.63) is 40.4 Å². The molecule has 0 bridgehead atoms. The lowest BCUT2D eigenvalue weighted by Gasteiger charge is -2.21. The first-order valence-corrected chi connectivity index (χ1v) is 6.80. The van der Waals surface area contributed by atoms with Crippen LogP contribution in [0.3, 0.4) is 0 Å². The normalized spacial score (nSPS) is 10.1. The molecular formula is C14H18Cl2N2O. The maximum atomic E-state index is 12.0. The average Bonchev–Trinajstić information content (AvgIpc) is 2.34. The van der Waals surface area contributed by atoms with Gasteiger partial charge >= 0.3 is 0 Å². The third-order valence-electron chi connectivity index (χ3n) is 2.56. The van der Waals surface area contributed by atoms with Gasteiger partial charge < -0.3 is 10.2 Å². The number of amides is 1. The lowest BCUT2D eigenvalue weighted by atomic mass is 10.3. The minimum Gasteiger partial charge on any atom is -0.375 e. The van der Waals surface area contributed by atoms with E-state index in [4.69, 9.17) is 23.2 Å². The number of carbonyl (C=O) groups is 1. The van der Waals surface area contributed by atoms with Gasteiger partial charge in [-0.3, -0.25) is 4.79 Å². The molecule has 0 heterocycles. The van der Waals surface area contributed by atoms with Crippen molar-refractivity contribution in [1.82, 2.24) is 4.90 Å². The first-order chi connectivity index (χ1) is 8.93. The fourth-order valence-electron chi connectivity index (χ4n) is 1.62. The molecule has 0 aliphatic rings. The van der Waals surface area contributed by atoms with Crippen molar-refractivity contribution in [3.63, 3.8) is 0 Å². The van der Waals surface area contributed by atoms with Crippen molar-refractivity contribution in [3.8, 4) is 0 Å². The van der Waals surface area contributed by atoms with Gasteiger partial charge in [0.2, 0.25) is 5.91 Å². The molecule has 0 aromatic heterocycles. The van der Waals surface area contributed by atoms with Gasteiger partial charge in [-0.15, -0.1) is 0 Å². The molecule has 0 unspecified atom stereocenters. The highest BCUT2D eigenvalue weighted by atomic mass is 35.5. The Kier molecular flexibility index (Phi) is 6.19. The van der Waals surface area contributed by atoms with E-state index in [1.54, 1.807) is 23.1 Å². The standard InChI is InChI=1S/C14H18Cl2N2O/c1-4-18(9-10(2)3)14(19)8-17-13-6-5-11(15)7-12(13)16/h5-7,17H,2,4,8-9H2,1,3H3. The van der Waals surface area contributed by atoms with Crippen LogP contribution in [0.1, 0.15) is 13.8 Å². The molecule has 1 aromatic carbocycles. The number of halogens is 2. The Bertz CT molecular complexity index is 475. The molecule has 0 atom stereocenters. The second-order valence-corrected chi connectivity index (χ2v) is 5.19. The van der Waals surface area contributed by atoms with Crippen LogP contribution in [-0.4, -0.2) is 30.4 Å². The Morgan fingerprint density at radius 2 is 2.11 bits per heavy atom. The van der Waals surface area contributed by atoms with Gasteiger partial charge in [-0.25, -0.2) is 0 Å². The number of hydrogen-bond donors (Lipinski definition) is 1. The van der Waals surface area contributed by atoms with E-state index in [1.165, 1.54) is 0 Å². The van der Waals surface area contributed by atoms with Crippen LogP contribution in [0.4, 0.5) is 5.69 Å². The molecule has 5 heteroatoms. The van der Waals surface area contributed by atoms with E-state index in [0.29, 0.717) is 28.8 Å². The molecule has 0 saturated heterocycles. The van der Waals surface area contributed by atoms with E-state index in [2.05, 4.69) is 11.9 Å². The van der Waals surface area contributed by atoms with Crippen molar-refractivity contribution in [2.45, 2.75) is 13.8 Å². The van der Waals surface area contributed by atoms with Crippen molar-refractivity contribution in [1.29, 1.82) is 0 Å². The fourth-order valence-corrected chi connectivity index (χ4v) is 2.09. The summed E-state index contributed by atoms with van der Waals surface area (Å²) in [4.78, 5) is 13.7. The van der Waals surface area contributed by atoms with Gasteiger partial charge in [0.15, 0.2) is 0 Å². The van der Waals surface area contributed by atoms with Gasteiger partial charge in [-0.05, 0) is 32.0 Å². The highest BCUT2D eigenvalue weighted by molar-refractivity contribution is 6.36. The fraction of sp³-hybridized carbons (Fsp3) is 0.357. The summed E-state index contributed by atoms with van der Waals surface area (Å²) in [6.45, 7) is 9.09. The first-order valence-electron chi connectivity index (χ1n) is 6.05. The molecule has 0 radical (unpaired) electrons. The molecule has 0 aliphatic carbocycles. The van der Waals surface area contributed by atoms with E-state index in [9.17, 15) is 4.79 Å². The average molecular weight is 301 g/mol. The summed E-state index contributed by atoms with van der Waals surface area (Å²) in [5, 5.41) is 4.09. The number of carbonyl (C=O) groups excluding carboxylic acids is 1. The second kappa shape index (κ2) is 7.41. The summed E-state index contributed by atoms with van der Waals surface area (Å²) in [5.74, 6) is 0.0107. The molecule has 0 fully saturated rings. The summed E-state index contributed by atoms with van der Waals surface area (Å²) < 4.78 is 0. The zero-order valence-electron chi connectivity index (χ0n) is 11.2. The molecule has 1 amide bonds. The third kappa shape index (κ3) is 5.13. The zero-order valence-corrected chi connectivity index (χ0v) is 12.7. The lowest BCUT2D eigenvalue weighted by Crippen LogP contribution is -2.36. The summed E-state index contributed by atoms with van der Waals surface area (Å²) in [7, 11) is 0. The first kappa shape index (κ1) is 15.9. The highest BCUT2D eigenvalue weighted by Crippen LogP contribution is 2.25. The van der Waals surface area contributed by atoms with Gasteiger partial charge in [0.05, 0.1) is 17.3 Å². The molecule has 3 nitrogen and oxygen atoms in total. The van der Waals surface area contributed by atoms with E-state index >= 15 is 0 Å². The molecule has 1 rings (SSSR count). The molecule has 104 valence electrons. The smallest absolute Gasteiger partial charge is 0.242 e. The quantitative estimate of drug-likeness (QED) is 0.810. The molecule has 0 saturated carbocycles. The van der Waals surface area contributed by atoms with Crippen molar-refractivity contribution < 1.29 is 4.79 Å². The third-order valence-corrected chi connectivity index (χ3v) is 3.10. The van der Waals surface area contributed by atoms with Crippen molar-refractivity contribution >= 4 is 34.8 Å². The number of nitrogens with zero attached hydrogens (tertiary/aromatic N) is 1. The van der Waals surface area contributed by atoms with Crippen LogP contribution in [0, 0.1) is 0 Å². The highest BCUT2D eigenvalue weighted by Gasteiger charge is 2.11. The number of anilines is 1. The van der Waals surface area contributed by atoms with Crippen LogP contribution < -0.4 is 5.32 Å². The number of rotatable bonds is 6. The monoisotopic (exact) mass is 300 g/mol. The Labute approximate surface area is 124 Å². The minimum absolute atomic E-state index is 0.0107. The molecule has 19 heavy (non-hydrogen) atoms. The van der Waals surface area contributed by atoms with E-state index in [-0.39, 0.29) is 12.5 Å². The van der Waals surface area contributed by atoms with Gasteiger partial charge in [-0.1, -0.05) is 35.4 Å². The van der Waals surface area contributed by atoms with Crippen LogP contribution in [0.5, 0.6) is 0 Å². The van der Waals surface area contributed by atoms with Crippen LogP contribution in [0.15, 0.2) is 30.4 Å². The summed E-state index contributed by atoms with van der Waals surface area (Å²) in [5.41, 5.74) is 1.66. The van der Waals surface area contributed by atoms with E-state index in [0.717, 1.165) is 5.57 Å². The topological polar surface area (TPSA) is 32.3 Å². The Hall–Kier alpha value is -1.19. The predicted molar refractivity (Wildman–Crippen MR) is 82.0 cm³/mol. The Balaban J connectivity index is 2.60. The molecule has 1 N–H and O–H groups in total. The number of hydrogen-bond acceptors (Lipinski definition) is 2. The number of benzene rings is 1. The van der Waals surface area contributed by atoms with Crippen LogP contribution in [-0.2, 0) is 4.79 Å². The summed E-state index contributed by atoms with van der Waals surface area (Å²) >= 11 is 11.8. The van der Waals surface area contributed by atoms with Gasteiger partial charge in [0.1, 0.15) is 0 Å². The Morgan fingerprint density at radius 3 is 2.63 bits per heavy atom. The van der Waals surface area contributed by atoms with E-state index < -0.39 is 0 Å². The molecular weight excluding hydrogens is 283 g/mol. The van der Waals surface area contributed by atoms with Crippen LogP contribution in [0.2, 0.25) is 10.0 Å². The second-order valence-electron chi connectivity index (χ2n) is 4.34. The van der Waals surface area contributed by atoms with Gasteiger partial charge in [0, 0.05) is 18.1 Å². The van der Waals surface area contributed by atoms with Crippen LogP contribution in [0.25, 0.3) is 0 Å². The number of likely N-dealkylation sites (N-methyl/N-ethyl adjacent to an activating group) is 1. The van der Waals surface area contributed by atoms with Crippen LogP contribution >= 0.6 is 23.2 Å². The SMILES string of the molecule is C=C(C)CN(CC)C(=O)CNc1ccc(Cl)cc1Cl. The summed E-state index contributed by atoms with van der Waals surface area (Å²) in [6.07, 6.45) is 0. The molecule has 0 spiro atoms. The molecule has 0 aliphatic heterocycles. The Morgan fingerprint density at radius 1 is 1.42 bits per heavy atom. The van der Waals surface area contributed by atoms with Gasteiger partial charge in [0.25, 0.3) is 0 Å². The predicted octanol–water partition coefficient (Wildman–Crippen LogP) is 3.83. The maximum absolute atomic E-state index is 12.0. The minimum atomic E-state index is 0.0107. The van der Waals surface area contributed by atoms with Gasteiger partial charge in [-0.2, -0.15) is 0 Å². The van der Waals surface area contributed by atoms with Crippen molar-refractivity contribution in [2.24, 2.45) is 0 Å². The molecule has 1 aromatic rings. The van der Waals surface area contributed by atoms with E-state index in [1.807, 2.05) is 13.8 Å². The summed E-state index contributed by atoms with van der Waals surface area (Å²) in [6, 6.07) is 5.13. The number of nitrogens with one attached hydrogen (secondary N) is 1. The van der Waals surface area contributed by atoms with Crippen molar-refractivity contribution in [2.75, 3.05) is 25.0 Å². The maximum Gasteiger partial charge on any atom is 0.242 e. The largest absolute Gasteiger partial charge is 0.375 e.